The van der Waals surface area contributed by atoms with Crippen LogP contribution in [0.15, 0.2) is 36.4 Å². The van der Waals surface area contributed by atoms with Gasteiger partial charge in [0.1, 0.15) is 17.2 Å². The molecule has 0 amide bonds. The Balaban J connectivity index is 2.65. The zero-order valence-corrected chi connectivity index (χ0v) is 10.9. The maximum Gasteiger partial charge on any atom is 0.127 e. The number of benzene rings is 2. The van der Waals surface area contributed by atoms with Gasteiger partial charge in [0.2, 0.25) is 0 Å². The fourth-order valence-corrected chi connectivity index (χ4v) is 1.93. The van der Waals surface area contributed by atoms with E-state index in [1.54, 1.807) is 0 Å². The average Bonchev–Trinajstić information content (AvgIpc) is 2.27. The molecule has 0 aliphatic carbocycles. The van der Waals surface area contributed by atoms with E-state index in [1.165, 1.54) is 0 Å². The standard InChI is InChI=1S/C15H18N2O/c1-15(2,3)18-13-9-8-12(14(16)17)10-6-4-5-7-11(10)13/h4-9H,1-3H3,(H3,16,17). The van der Waals surface area contributed by atoms with E-state index in [1.807, 2.05) is 57.2 Å². The van der Waals surface area contributed by atoms with Crippen molar-refractivity contribution < 1.29 is 4.74 Å². The zero-order chi connectivity index (χ0) is 13.3. The summed E-state index contributed by atoms with van der Waals surface area (Å²) in [5.41, 5.74) is 6.09. The third-order valence-corrected chi connectivity index (χ3v) is 2.59. The van der Waals surface area contributed by atoms with Gasteiger partial charge < -0.3 is 10.5 Å². The highest BCUT2D eigenvalue weighted by Crippen LogP contribution is 2.30. The Bertz CT molecular complexity index is 597. The van der Waals surface area contributed by atoms with Gasteiger partial charge in [-0.25, -0.2) is 0 Å². The number of fused-ring (bicyclic) bond motifs is 1. The highest BCUT2D eigenvalue weighted by Gasteiger charge is 2.15. The van der Waals surface area contributed by atoms with Crippen LogP contribution < -0.4 is 10.5 Å². The van der Waals surface area contributed by atoms with Crippen LogP contribution in [0.1, 0.15) is 26.3 Å². The number of ether oxygens (including phenoxy) is 1. The van der Waals surface area contributed by atoms with Crippen LogP contribution in [0, 0.1) is 5.41 Å². The fraction of sp³-hybridized carbons (Fsp3) is 0.267. The summed E-state index contributed by atoms with van der Waals surface area (Å²) in [4.78, 5) is 0. The van der Waals surface area contributed by atoms with Gasteiger partial charge in [-0.05, 0) is 38.3 Å². The van der Waals surface area contributed by atoms with Crippen molar-refractivity contribution in [3.05, 3.63) is 42.0 Å². The lowest BCUT2D eigenvalue weighted by molar-refractivity contribution is 0.133. The Morgan fingerprint density at radius 3 is 2.22 bits per heavy atom. The Morgan fingerprint density at radius 2 is 1.67 bits per heavy atom. The highest BCUT2D eigenvalue weighted by molar-refractivity contribution is 6.09. The molecule has 3 nitrogen and oxygen atoms in total. The van der Waals surface area contributed by atoms with Crippen LogP contribution in [0.3, 0.4) is 0 Å². The molecule has 0 aliphatic rings. The molecule has 2 aromatic rings. The molecule has 2 rings (SSSR count). The van der Waals surface area contributed by atoms with Crippen molar-refractivity contribution in [1.29, 1.82) is 5.41 Å². The van der Waals surface area contributed by atoms with Gasteiger partial charge in [-0.15, -0.1) is 0 Å². The zero-order valence-electron chi connectivity index (χ0n) is 10.9. The number of nitrogen functional groups attached to an aromatic ring is 1. The molecule has 94 valence electrons. The summed E-state index contributed by atoms with van der Waals surface area (Å²) in [6, 6.07) is 11.6. The molecule has 0 saturated carbocycles. The van der Waals surface area contributed by atoms with Crippen molar-refractivity contribution >= 4 is 16.6 Å². The van der Waals surface area contributed by atoms with E-state index in [9.17, 15) is 0 Å². The van der Waals surface area contributed by atoms with Gasteiger partial charge in [0, 0.05) is 10.9 Å². The van der Waals surface area contributed by atoms with E-state index in [0.717, 1.165) is 22.1 Å². The third-order valence-electron chi connectivity index (χ3n) is 2.59. The summed E-state index contributed by atoms with van der Waals surface area (Å²) in [5, 5.41) is 9.54. The minimum absolute atomic E-state index is 0.0773. The first-order chi connectivity index (χ1) is 8.38. The molecule has 0 saturated heterocycles. The normalized spacial score (nSPS) is 11.5. The van der Waals surface area contributed by atoms with Gasteiger partial charge >= 0.3 is 0 Å². The van der Waals surface area contributed by atoms with Crippen molar-refractivity contribution in [3.63, 3.8) is 0 Å². The molecule has 0 radical (unpaired) electrons. The van der Waals surface area contributed by atoms with Crippen LogP contribution in [0.2, 0.25) is 0 Å². The maximum absolute atomic E-state index is 7.60. The highest BCUT2D eigenvalue weighted by atomic mass is 16.5. The first-order valence-electron chi connectivity index (χ1n) is 5.93. The van der Waals surface area contributed by atoms with Crippen molar-refractivity contribution in [2.75, 3.05) is 0 Å². The summed E-state index contributed by atoms with van der Waals surface area (Å²) in [5.74, 6) is 0.900. The molecule has 3 N–H and O–H groups in total. The van der Waals surface area contributed by atoms with Crippen molar-refractivity contribution in [2.45, 2.75) is 26.4 Å². The lowest BCUT2D eigenvalue weighted by Crippen LogP contribution is -2.23. The van der Waals surface area contributed by atoms with Gasteiger partial charge in [0.15, 0.2) is 0 Å². The van der Waals surface area contributed by atoms with Crippen LogP contribution in [-0.2, 0) is 0 Å². The van der Waals surface area contributed by atoms with E-state index in [4.69, 9.17) is 15.9 Å². The lowest BCUT2D eigenvalue weighted by atomic mass is 10.0. The first kappa shape index (κ1) is 12.4. The minimum Gasteiger partial charge on any atom is -0.488 e. The summed E-state index contributed by atoms with van der Waals surface area (Å²) < 4.78 is 5.94. The number of hydrogen-bond acceptors (Lipinski definition) is 2. The number of nitrogens with one attached hydrogen (secondary N) is 1. The van der Waals surface area contributed by atoms with Gasteiger partial charge in [-0.3, -0.25) is 5.41 Å². The topological polar surface area (TPSA) is 59.1 Å². The molecule has 0 heterocycles. The molecule has 0 aliphatic heterocycles. The second kappa shape index (κ2) is 4.33. The van der Waals surface area contributed by atoms with E-state index in [-0.39, 0.29) is 11.4 Å². The van der Waals surface area contributed by atoms with E-state index >= 15 is 0 Å². The SMILES string of the molecule is CC(C)(C)Oc1ccc(C(=N)N)c2ccccc12. The molecule has 0 aromatic heterocycles. The molecule has 0 spiro atoms. The number of amidine groups is 1. The molecule has 2 aromatic carbocycles. The van der Waals surface area contributed by atoms with Crippen LogP contribution in [0.25, 0.3) is 10.8 Å². The fourth-order valence-electron chi connectivity index (χ4n) is 1.93. The lowest BCUT2D eigenvalue weighted by Gasteiger charge is -2.23. The van der Waals surface area contributed by atoms with Gasteiger partial charge in [0.05, 0.1) is 0 Å². The molecule has 18 heavy (non-hydrogen) atoms. The predicted octanol–water partition coefficient (Wildman–Crippen LogP) is 3.30. The van der Waals surface area contributed by atoms with Crippen LogP contribution in [0.4, 0.5) is 0 Å². The molecule has 0 atom stereocenters. The second-order valence-electron chi connectivity index (χ2n) is 5.28. The Kier molecular flexibility index (Phi) is 2.99. The monoisotopic (exact) mass is 242 g/mol. The van der Waals surface area contributed by atoms with Crippen molar-refractivity contribution in [2.24, 2.45) is 5.73 Å². The Labute approximate surface area is 107 Å². The summed E-state index contributed by atoms with van der Waals surface area (Å²) in [6.07, 6.45) is 0. The molecule has 3 heteroatoms. The van der Waals surface area contributed by atoms with E-state index < -0.39 is 0 Å². The first-order valence-corrected chi connectivity index (χ1v) is 5.93. The van der Waals surface area contributed by atoms with E-state index in [0.29, 0.717) is 0 Å². The largest absolute Gasteiger partial charge is 0.488 e. The molecule has 0 fully saturated rings. The van der Waals surface area contributed by atoms with Crippen LogP contribution in [-0.4, -0.2) is 11.4 Å². The van der Waals surface area contributed by atoms with Crippen LogP contribution >= 0.6 is 0 Å². The van der Waals surface area contributed by atoms with Gasteiger partial charge in [0.25, 0.3) is 0 Å². The Hall–Kier alpha value is -2.03. The summed E-state index contributed by atoms with van der Waals surface area (Å²) >= 11 is 0. The molecule has 0 unspecified atom stereocenters. The van der Waals surface area contributed by atoms with E-state index in [2.05, 4.69) is 0 Å². The second-order valence-corrected chi connectivity index (χ2v) is 5.28. The average molecular weight is 242 g/mol. The molecular formula is C15H18N2O. The van der Waals surface area contributed by atoms with Crippen LogP contribution in [0.5, 0.6) is 5.75 Å². The van der Waals surface area contributed by atoms with Gasteiger partial charge in [-0.1, -0.05) is 24.3 Å². The van der Waals surface area contributed by atoms with Gasteiger partial charge in [-0.2, -0.15) is 0 Å². The summed E-state index contributed by atoms with van der Waals surface area (Å²) in [7, 11) is 0. The number of rotatable bonds is 2. The van der Waals surface area contributed by atoms with Crippen molar-refractivity contribution in [1.82, 2.24) is 0 Å². The Morgan fingerprint density at radius 1 is 1.06 bits per heavy atom. The maximum atomic E-state index is 7.60. The molecule has 0 bridgehead atoms. The summed E-state index contributed by atoms with van der Waals surface area (Å²) in [6.45, 7) is 6.04. The smallest absolute Gasteiger partial charge is 0.127 e. The third kappa shape index (κ3) is 2.45. The minimum atomic E-state index is -0.249. The van der Waals surface area contributed by atoms with Crippen molar-refractivity contribution in [3.8, 4) is 5.75 Å². The number of hydrogen-bond donors (Lipinski definition) is 2. The number of nitrogens with two attached hydrogens (primary N) is 1. The predicted molar refractivity (Wildman–Crippen MR) is 75.3 cm³/mol. The quantitative estimate of drug-likeness (QED) is 0.627. The molecular weight excluding hydrogens is 224 g/mol.